The zero-order valence-electron chi connectivity index (χ0n) is 14.8. The van der Waals surface area contributed by atoms with Crippen molar-refractivity contribution in [2.75, 3.05) is 33.2 Å². The topological polar surface area (TPSA) is 108 Å². The summed E-state index contributed by atoms with van der Waals surface area (Å²) in [5.74, 6) is -0.558. The zero-order chi connectivity index (χ0) is 18.2. The predicted molar refractivity (Wildman–Crippen MR) is 87.2 cm³/mol. The molecule has 0 saturated carbocycles. The second-order valence-corrected chi connectivity index (χ2v) is 8.16. The van der Waals surface area contributed by atoms with Crippen LogP contribution in [0.1, 0.15) is 27.7 Å². The van der Waals surface area contributed by atoms with Gasteiger partial charge in [0.1, 0.15) is 6.04 Å². The quantitative estimate of drug-likeness (QED) is 0.320. The molecule has 0 heterocycles. The molecule has 0 amide bonds. The lowest BCUT2D eigenvalue weighted by Crippen LogP contribution is -2.39. The number of sulfonamides is 1. The molecule has 0 radical (unpaired) electrons. The average molecular weight is 354 g/mol. The molecular weight excluding hydrogens is 324 g/mol. The molecule has 138 valence electrons. The van der Waals surface area contributed by atoms with Crippen LogP contribution < -0.4 is 5.73 Å². The molecule has 0 fully saturated rings. The summed E-state index contributed by atoms with van der Waals surface area (Å²) in [4.78, 5) is 11.6. The molecular formula is C14H30N2O6S. The number of likely N-dealkylation sites (N-methyl/N-ethyl adjacent to an activating group) is 1. The van der Waals surface area contributed by atoms with Crippen molar-refractivity contribution in [2.45, 2.75) is 45.9 Å². The predicted octanol–water partition coefficient (Wildman–Crippen LogP) is 0.172. The van der Waals surface area contributed by atoms with Gasteiger partial charge in [0.2, 0.25) is 10.0 Å². The summed E-state index contributed by atoms with van der Waals surface area (Å²) in [6.45, 7) is 7.32. The third kappa shape index (κ3) is 9.87. The normalized spacial score (nSPS) is 15.2. The van der Waals surface area contributed by atoms with E-state index in [0.717, 1.165) is 6.26 Å². The van der Waals surface area contributed by atoms with Crippen molar-refractivity contribution >= 4 is 16.0 Å². The maximum absolute atomic E-state index is 11.6. The van der Waals surface area contributed by atoms with E-state index in [2.05, 4.69) is 0 Å². The van der Waals surface area contributed by atoms with Gasteiger partial charge in [0, 0.05) is 13.6 Å². The van der Waals surface area contributed by atoms with Crippen molar-refractivity contribution in [3.63, 3.8) is 0 Å². The standard InChI is InChI=1S/C14H30N2O6S/c1-10(2)13(15)14(17)21-9-20-8-12(22-11(3)4)7-16(5)23(6,18)19/h10-13H,7-9,15H2,1-6H3/t12-,13+/m0/s1. The molecule has 0 saturated heterocycles. The number of rotatable bonds is 11. The second-order valence-electron chi connectivity index (χ2n) is 6.07. The fraction of sp³-hybridized carbons (Fsp3) is 0.929. The highest BCUT2D eigenvalue weighted by Crippen LogP contribution is 2.05. The van der Waals surface area contributed by atoms with E-state index in [1.165, 1.54) is 11.4 Å². The van der Waals surface area contributed by atoms with Crippen LogP contribution in [0.3, 0.4) is 0 Å². The van der Waals surface area contributed by atoms with Crippen molar-refractivity contribution in [1.29, 1.82) is 0 Å². The highest BCUT2D eigenvalue weighted by Gasteiger charge is 2.21. The molecule has 0 aliphatic carbocycles. The Hall–Kier alpha value is -0.740. The first kappa shape index (κ1) is 22.3. The molecule has 0 aromatic heterocycles. The first-order valence-corrected chi connectivity index (χ1v) is 9.36. The molecule has 8 nitrogen and oxygen atoms in total. The number of ether oxygens (including phenoxy) is 3. The smallest absolute Gasteiger partial charge is 0.325 e. The molecule has 0 unspecified atom stereocenters. The van der Waals surface area contributed by atoms with E-state index >= 15 is 0 Å². The largest absolute Gasteiger partial charge is 0.437 e. The molecule has 23 heavy (non-hydrogen) atoms. The minimum absolute atomic E-state index is 0.0251. The van der Waals surface area contributed by atoms with E-state index in [1.54, 1.807) is 0 Å². The van der Waals surface area contributed by atoms with Gasteiger partial charge >= 0.3 is 5.97 Å². The number of carbonyl (C=O) groups is 1. The van der Waals surface area contributed by atoms with Gasteiger partial charge in [0.25, 0.3) is 0 Å². The van der Waals surface area contributed by atoms with E-state index < -0.39 is 28.1 Å². The zero-order valence-corrected chi connectivity index (χ0v) is 15.6. The van der Waals surface area contributed by atoms with E-state index in [-0.39, 0.29) is 32.0 Å². The highest BCUT2D eigenvalue weighted by atomic mass is 32.2. The van der Waals surface area contributed by atoms with Crippen LogP contribution in [-0.4, -0.2) is 70.2 Å². The van der Waals surface area contributed by atoms with Crippen molar-refractivity contribution in [3.05, 3.63) is 0 Å². The lowest BCUT2D eigenvalue weighted by Gasteiger charge is -2.24. The molecule has 0 rings (SSSR count). The Bertz CT molecular complexity index is 452. The molecule has 0 aromatic carbocycles. The SMILES string of the molecule is CC(C)O[C@H](COCOC(=O)[C@H](N)C(C)C)CN(C)S(C)(=O)=O. The van der Waals surface area contributed by atoms with Crippen LogP contribution in [-0.2, 0) is 29.0 Å². The minimum atomic E-state index is -3.30. The maximum Gasteiger partial charge on any atom is 0.325 e. The van der Waals surface area contributed by atoms with Gasteiger partial charge in [-0.25, -0.2) is 12.7 Å². The van der Waals surface area contributed by atoms with Gasteiger partial charge in [-0.1, -0.05) is 13.8 Å². The molecule has 2 atom stereocenters. The average Bonchev–Trinajstić information content (AvgIpc) is 2.40. The third-order valence-electron chi connectivity index (χ3n) is 3.07. The number of carbonyl (C=O) groups excluding carboxylic acids is 1. The first-order valence-electron chi connectivity index (χ1n) is 7.51. The van der Waals surface area contributed by atoms with Crippen LogP contribution in [0.4, 0.5) is 0 Å². The maximum atomic E-state index is 11.6. The van der Waals surface area contributed by atoms with Crippen LogP contribution in [0.25, 0.3) is 0 Å². The van der Waals surface area contributed by atoms with E-state index in [0.29, 0.717) is 0 Å². The van der Waals surface area contributed by atoms with Gasteiger partial charge in [0.05, 0.1) is 25.1 Å². The fourth-order valence-electron chi connectivity index (χ4n) is 1.59. The number of nitrogens with two attached hydrogens (primary N) is 1. The van der Waals surface area contributed by atoms with Crippen LogP contribution in [0, 0.1) is 5.92 Å². The monoisotopic (exact) mass is 354 g/mol. The Morgan fingerprint density at radius 3 is 2.22 bits per heavy atom. The number of esters is 1. The molecule has 0 aliphatic heterocycles. The van der Waals surface area contributed by atoms with Gasteiger partial charge in [-0.15, -0.1) is 0 Å². The van der Waals surface area contributed by atoms with Crippen LogP contribution in [0.15, 0.2) is 0 Å². The van der Waals surface area contributed by atoms with Crippen molar-refractivity contribution in [2.24, 2.45) is 11.7 Å². The van der Waals surface area contributed by atoms with Gasteiger partial charge in [-0.2, -0.15) is 0 Å². The van der Waals surface area contributed by atoms with Crippen molar-refractivity contribution in [1.82, 2.24) is 4.31 Å². The number of hydrogen-bond donors (Lipinski definition) is 1. The molecule has 0 spiro atoms. The molecule has 0 aliphatic rings. The molecule has 0 aromatic rings. The van der Waals surface area contributed by atoms with E-state index in [1.807, 2.05) is 27.7 Å². The Labute approximate surface area is 139 Å². The third-order valence-corrected chi connectivity index (χ3v) is 4.35. The molecule has 2 N–H and O–H groups in total. The summed E-state index contributed by atoms with van der Waals surface area (Å²) in [5.41, 5.74) is 5.65. The summed E-state index contributed by atoms with van der Waals surface area (Å²) in [5, 5.41) is 0. The number of hydrogen-bond acceptors (Lipinski definition) is 7. The van der Waals surface area contributed by atoms with Crippen LogP contribution >= 0.6 is 0 Å². The lowest BCUT2D eigenvalue weighted by atomic mass is 10.1. The van der Waals surface area contributed by atoms with Crippen LogP contribution in [0.2, 0.25) is 0 Å². The van der Waals surface area contributed by atoms with Crippen molar-refractivity contribution < 1.29 is 27.4 Å². The summed E-state index contributed by atoms with van der Waals surface area (Å²) < 4.78 is 39.9. The first-order chi connectivity index (χ1) is 10.4. The highest BCUT2D eigenvalue weighted by molar-refractivity contribution is 7.88. The van der Waals surface area contributed by atoms with Crippen LogP contribution in [0.5, 0.6) is 0 Å². The van der Waals surface area contributed by atoms with Gasteiger partial charge in [-0.05, 0) is 19.8 Å². The fourth-order valence-corrected chi connectivity index (χ4v) is 2.03. The summed E-state index contributed by atoms with van der Waals surface area (Å²) in [6.07, 6.45) is 0.565. The van der Waals surface area contributed by atoms with E-state index in [4.69, 9.17) is 19.9 Å². The van der Waals surface area contributed by atoms with Gasteiger partial charge in [0.15, 0.2) is 6.79 Å². The lowest BCUT2D eigenvalue weighted by molar-refractivity contribution is -0.163. The minimum Gasteiger partial charge on any atom is -0.437 e. The van der Waals surface area contributed by atoms with Gasteiger partial charge in [-0.3, -0.25) is 4.79 Å². The molecule has 0 bridgehead atoms. The second kappa shape index (κ2) is 10.2. The Morgan fingerprint density at radius 2 is 1.78 bits per heavy atom. The van der Waals surface area contributed by atoms with Gasteiger partial charge < -0.3 is 19.9 Å². The summed E-state index contributed by atoms with van der Waals surface area (Å²) in [7, 11) is -1.84. The number of nitrogens with zero attached hydrogens (tertiary/aromatic N) is 1. The Morgan fingerprint density at radius 1 is 1.22 bits per heavy atom. The summed E-state index contributed by atoms with van der Waals surface area (Å²) in [6, 6.07) is -0.697. The van der Waals surface area contributed by atoms with Crippen molar-refractivity contribution in [3.8, 4) is 0 Å². The summed E-state index contributed by atoms with van der Waals surface area (Å²) >= 11 is 0. The molecule has 9 heteroatoms. The van der Waals surface area contributed by atoms with E-state index in [9.17, 15) is 13.2 Å². The Kier molecular flexibility index (Phi) is 9.86. The Balaban J connectivity index is 4.33.